The fraction of sp³-hybridized carbons (Fsp3) is 0.857. The van der Waals surface area contributed by atoms with Crippen LogP contribution in [0.3, 0.4) is 0 Å². The van der Waals surface area contributed by atoms with Gasteiger partial charge in [-0.3, -0.25) is 9.59 Å². The van der Waals surface area contributed by atoms with E-state index in [0.29, 0.717) is 5.92 Å². The van der Waals surface area contributed by atoms with Crippen molar-refractivity contribution >= 4 is 20.0 Å². The van der Waals surface area contributed by atoms with Crippen LogP contribution >= 0.6 is 0 Å². The first-order valence-corrected chi connectivity index (χ1v) is 10.5. The van der Waals surface area contributed by atoms with Crippen molar-refractivity contribution in [3.63, 3.8) is 0 Å². The molecular formula is C14H22O4Si. The third-order valence-electron chi connectivity index (χ3n) is 5.78. The Labute approximate surface area is 114 Å². The monoisotopic (exact) mass is 282 g/mol. The van der Waals surface area contributed by atoms with E-state index in [9.17, 15) is 9.59 Å². The summed E-state index contributed by atoms with van der Waals surface area (Å²) < 4.78 is 9.98. The van der Waals surface area contributed by atoms with Gasteiger partial charge in [0.2, 0.25) is 0 Å². The molecule has 0 aromatic heterocycles. The number of fused-ring (bicyclic) bond motifs is 1. The average molecular weight is 282 g/mol. The van der Waals surface area contributed by atoms with E-state index in [-0.39, 0.29) is 34.2 Å². The quantitative estimate of drug-likeness (QED) is 0.585. The summed E-state index contributed by atoms with van der Waals surface area (Å²) in [5, 5.41) is -0.0959. The maximum atomic E-state index is 12.1. The summed E-state index contributed by atoms with van der Waals surface area (Å²) in [5.41, 5.74) is -0.0995. The lowest BCUT2D eigenvalue weighted by molar-refractivity contribution is -0.150. The normalized spacial score (nSPS) is 43.2. The number of carbonyl (C=O) groups excluding carboxylic acids is 2. The maximum Gasteiger partial charge on any atom is 0.309 e. The zero-order chi connectivity index (χ0) is 14.2. The molecule has 0 aromatic rings. The number of ether oxygens (including phenoxy) is 2. The fourth-order valence-electron chi connectivity index (χ4n) is 5.21. The molecule has 0 bridgehead atoms. The lowest BCUT2D eigenvalue weighted by Crippen LogP contribution is -2.36. The zero-order valence-electron chi connectivity index (χ0n) is 12.3. The van der Waals surface area contributed by atoms with E-state index >= 15 is 0 Å². The van der Waals surface area contributed by atoms with Crippen molar-refractivity contribution in [2.75, 3.05) is 14.2 Å². The van der Waals surface area contributed by atoms with Crippen molar-refractivity contribution in [3.05, 3.63) is 0 Å². The van der Waals surface area contributed by atoms with Crippen LogP contribution in [0, 0.1) is 23.2 Å². The summed E-state index contributed by atoms with van der Waals surface area (Å²) in [6.07, 6.45) is 2.29. The lowest BCUT2D eigenvalue weighted by Gasteiger charge is -2.27. The van der Waals surface area contributed by atoms with Gasteiger partial charge in [0.1, 0.15) is 0 Å². The first kappa shape index (κ1) is 13.2. The number of rotatable bonds is 4. The van der Waals surface area contributed by atoms with Gasteiger partial charge in [-0.05, 0) is 18.8 Å². The maximum absolute atomic E-state index is 12.1. The van der Waals surface area contributed by atoms with Crippen LogP contribution in [0.25, 0.3) is 0 Å². The van der Waals surface area contributed by atoms with Gasteiger partial charge in [0, 0.05) is 10.5 Å². The average Bonchev–Trinajstić information content (AvgIpc) is 3.16. The summed E-state index contributed by atoms with van der Waals surface area (Å²) in [6, 6.07) is 0. The highest BCUT2D eigenvalue weighted by Gasteiger charge is 3.06. The van der Waals surface area contributed by atoms with E-state index in [1.165, 1.54) is 14.2 Å². The summed E-state index contributed by atoms with van der Waals surface area (Å²) in [5.74, 6) is 0.206. The Morgan fingerprint density at radius 3 is 1.68 bits per heavy atom. The van der Waals surface area contributed by atoms with Crippen molar-refractivity contribution in [1.29, 1.82) is 0 Å². The molecule has 0 heterocycles. The van der Waals surface area contributed by atoms with E-state index < -0.39 is 8.07 Å². The minimum absolute atomic E-state index is 0.0479. The second-order valence-corrected chi connectivity index (χ2v) is 12.6. The first-order chi connectivity index (χ1) is 8.81. The SMILES string of the molecule is COC(=O)[C@@H]1C2(C3CC3)[C@@H](C(=O)OC)C12[Si](C)(C)C. The number of carbonyl (C=O) groups is 2. The molecule has 19 heavy (non-hydrogen) atoms. The molecule has 4 nitrogen and oxygen atoms in total. The van der Waals surface area contributed by atoms with Crippen LogP contribution in [0.4, 0.5) is 0 Å². The van der Waals surface area contributed by atoms with Crippen molar-refractivity contribution in [2.45, 2.75) is 37.5 Å². The van der Waals surface area contributed by atoms with Gasteiger partial charge < -0.3 is 9.47 Å². The Kier molecular flexibility index (Phi) is 2.37. The Balaban J connectivity index is 2.01. The molecule has 3 aliphatic rings. The van der Waals surface area contributed by atoms with Gasteiger partial charge in [-0.15, -0.1) is 0 Å². The molecule has 0 amide bonds. The molecule has 0 aromatic carbocycles. The summed E-state index contributed by atoms with van der Waals surface area (Å²) in [6.45, 7) is 6.78. The second-order valence-electron chi connectivity index (χ2n) is 7.24. The van der Waals surface area contributed by atoms with Crippen LogP contribution in [0.5, 0.6) is 0 Å². The van der Waals surface area contributed by atoms with E-state index in [4.69, 9.17) is 9.47 Å². The number of hydrogen-bond acceptors (Lipinski definition) is 4. The molecule has 0 aliphatic heterocycles. The Morgan fingerprint density at radius 1 is 1.00 bits per heavy atom. The zero-order valence-corrected chi connectivity index (χ0v) is 13.3. The van der Waals surface area contributed by atoms with Crippen molar-refractivity contribution in [3.8, 4) is 0 Å². The van der Waals surface area contributed by atoms with Gasteiger partial charge in [0.05, 0.1) is 34.1 Å². The molecule has 106 valence electrons. The summed E-state index contributed by atoms with van der Waals surface area (Å²) in [7, 11) is 1.25. The number of hydrogen-bond donors (Lipinski definition) is 0. The molecule has 3 fully saturated rings. The molecule has 5 heteroatoms. The highest BCUT2D eigenvalue weighted by Crippen LogP contribution is 3.06. The molecule has 0 N–H and O–H groups in total. The fourth-order valence-corrected chi connectivity index (χ4v) is 9.30. The molecule has 3 aliphatic carbocycles. The van der Waals surface area contributed by atoms with Crippen LogP contribution in [-0.2, 0) is 19.1 Å². The Morgan fingerprint density at radius 2 is 1.42 bits per heavy atom. The van der Waals surface area contributed by atoms with Crippen LogP contribution < -0.4 is 0 Å². The predicted octanol–water partition coefficient (Wildman–Crippen LogP) is 2.07. The largest absolute Gasteiger partial charge is 0.469 e. The third-order valence-corrected chi connectivity index (χ3v) is 9.28. The van der Waals surface area contributed by atoms with Crippen molar-refractivity contribution in [1.82, 2.24) is 0 Å². The number of methoxy groups -OCH3 is 2. The van der Waals surface area contributed by atoms with Gasteiger partial charge >= 0.3 is 11.9 Å². The van der Waals surface area contributed by atoms with E-state index in [0.717, 1.165) is 12.8 Å². The van der Waals surface area contributed by atoms with Gasteiger partial charge in [0.15, 0.2) is 0 Å². The van der Waals surface area contributed by atoms with Crippen LogP contribution in [-0.4, -0.2) is 34.2 Å². The topological polar surface area (TPSA) is 52.6 Å². The molecule has 0 radical (unpaired) electrons. The molecule has 2 atom stereocenters. The van der Waals surface area contributed by atoms with Gasteiger partial charge in [-0.2, -0.15) is 0 Å². The molecule has 0 saturated heterocycles. The molecule has 0 unspecified atom stereocenters. The first-order valence-electron chi connectivity index (χ1n) is 6.97. The van der Waals surface area contributed by atoms with Gasteiger partial charge in [-0.25, -0.2) is 0 Å². The Bertz CT molecular complexity index is 437. The smallest absolute Gasteiger partial charge is 0.309 e. The number of esters is 2. The minimum Gasteiger partial charge on any atom is -0.469 e. The molecule has 3 rings (SSSR count). The minimum atomic E-state index is -1.65. The third kappa shape index (κ3) is 1.17. The second kappa shape index (κ2) is 3.43. The van der Waals surface area contributed by atoms with Gasteiger partial charge in [-0.1, -0.05) is 19.6 Å². The van der Waals surface area contributed by atoms with Crippen molar-refractivity contribution in [2.24, 2.45) is 23.2 Å². The van der Waals surface area contributed by atoms with Crippen LogP contribution in [0.2, 0.25) is 24.7 Å². The summed E-state index contributed by atoms with van der Waals surface area (Å²) >= 11 is 0. The van der Waals surface area contributed by atoms with E-state index in [2.05, 4.69) is 19.6 Å². The molecular weight excluding hydrogens is 260 g/mol. The van der Waals surface area contributed by atoms with E-state index in [1.807, 2.05) is 0 Å². The van der Waals surface area contributed by atoms with Crippen molar-refractivity contribution < 1.29 is 19.1 Å². The molecule has 0 spiro atoms. The highest BCUT2D eigenvalue weighted by molar-refractivity contribution is 6.82. The van der Waals surface area contributed by atoms with Gasteiger partial charge in [0.25, 0.3) is 0 Å². The van der Waals surface area contributed by atoms with Crippen LogP contribution in [0.15, 0.2) is 0 Å². The molecule has 3 saturated carbocycles. The van der Waals surface area contributed by atoms with E-state index in [1.54, 1.807) is 0 Å². The lowest BCUT2D eigenvalue weighted by atomic mass is 9.92. The standard InChI is InChI=1S/C14H22O4Si/c1-17-11(15)9-13(8-6-7-8)10(12(16)18-2)14(9,13)19(3,4)5/h8-10H,6-7H2,1-5H3/t9-,10-,13?,14?/m1/s1. The Hall–Kier alpha value is -0.843. The summed E-state index contributed by atoms with van der Waals surface area (Å²) in [4.78, 5) is 24.2. The van der Waals surface area contributed by atoms with Crippen LogP contribution in [0.1, 0.15) is 12.8 Å². The predicted molar refractivity (Wildman–Crippen MR) is 72.2 cm³/mol. The highest BCUT2D eigenvalue weighted by atomic mass is 28.3.